The summed E-state index contributed by atoms with van der Waals surface area (Å²) in [7, 11) is -1.53. The summed E-state index contributed by atoms with van der Waals surface area (Å²) in [6.45, 7) is 10.6. The summed E-state index contributed by atoms with van der Waals surface area (Å²) < 4.78 is 0. The minimum atomic E-state index is -1.53. The highest BCUT2D eigenvalue weighted by Crippen LogP contribution is 2.15. The van der Waals surface area contributed by atoms with E-state index in [1.54, 1.807) is 12.1 Å². The Bertz CT molecular complexity index is 644. The van der Waals surface area contributed by atoms with Crippen LogP contribution in [0.25, 0.3) is 0 Å². The molecule has 1 rings (SSSR count). The van der Waals surface area contributed by atoms with E-state index in [-0.39, 0.29) is 11.8 Å². The molecule has 0 spiro atoms. The van der Waals surface area contributed by atoms with Crippen LogP contribution in [0.5, 0.6) is 0 Å². The minimum Gasteiger partial charge on any atom is -0.311 e. The van der Waals surface area contributed by atoms with E-state index in [9.17, 15) is 9.59 Å². The number of rotatable bonds is 8. The summed E-state index contributed by atoms with van der Waals surface area (Å²) in [6, 6.07) is 3.53. The van der Waals surface area contributed by atoms with Gasteiger partial charge in [0.15, 0.2) is 0 Å². The lowest BCUT2D eigenvalue weighted by molar-refractivity contribution is -0.117. The predicted molar refractivity (Wildman–Crippen MR) is 111 cm³/mol. The van der Waals surface area contributed by atoms with Crippen LogP contribution in [-0.4, -0.2) is 24.9 Å². The van der Waals surface area contributed by atoms with Crippen LogP contribution in [0.4, 0.5) is 11.6 Å². The van der Waals surface area contributed by atoms with Crippen LogP contribution in [0.1, 0.15) is 57.9 Å². The number of aromatic nitrogens is 1. The van der Waals surface area contributed by atoms with Gasteiger partial charge in [-0.25, -0.2) is 4.98 Å². The first-order valence-corrected chi connectivity index (χ1v) is 12.9. The van der Waals surface area contributed by atoms with Gasteiger partial charge < -0.3 is 10.6 Å². The van der Waals surface area contributed by atoms with Crippen LogP contribution in [0.15, 0.2) is 12.1 Å². The third-order valence-electron chi connectivity index (χ3n) is 3.46. The van der Waals surface area contributed by atoms with Crippen molar-refractivity contribution in [3.05, 3.63) is 17.7 Å². The monoisotopic (exact) mass is 373 g/mol. The van der Waals surface area contributed by atoms with Crippen molar-refractivity contribution in [2.75, 3.05) is 10.6 Å². The number of amides is 2. The van der Waals surface area contributed by atoms with Crippen molar-refractivity contribution in [3.63, 3.8) is 0 Å². The number of nitrogens with zero attached hydrogens (tertiary/aromatic N) is 1. The number of carbonyl (C=O) groups is 2. The average Bonchev–Trinajstić information content (AvgIpc) is 2.55. The van der Waals surface area contributed by atoms with E-state index in [0.717, 1.165) is 31.2 Å². The SMILES string of the molecule is CCCCC(=O)Nc1cc(C#C[Si](C)(C)C)cc(NC(=O)CCCC)n1. The van der Waals surface area contributed by atoms with E-state index in [4.69, 9.17) is 0 Å². The molecule has 26 heavy (non-hydrogen) atoms. The molecule has 0 atom stereocenters. The summed E-state index contributed by atoms with van der Waals surface area (Å²) >= 11 is 0. The van der Waals surface area contributed by atoms with Crippen molar-refractivity contribution in [1.82, 2.24) is 4.98 Å². The normalized spacial score (nSPS) is 10.7. The zero-order valence-electron chi connectivity index (χ0n) is 16.7. The molecule has 1 aromatic heterocycles. The number of nitrogens with one attached hydrogen (secondary N) is 2. The highest BCUT2D eigenvalue weighted by molar-refractivity contribution is 6.83. The second-order valence-electron chi connectivity index (χ2n) is 7.43. The number of pyridine rings is 1. The van der Waals surface area contributed by atoms with Gasteiger partial charge in [-0.05, 0) is 25.0 Å². The molecule has 5 nitrogen and oxygen atoms in total. The Morgan fingerprint density at radius 2 is 1.42 bits per heavy atom. The van der Waals surface area contributed by atoms with Gasteiger partial charge in [0.1, 0.15) is 19.7 Å². The number of hydrogen-bond donors (Lipinski definition) is 2. The standard InChI is InChI=1S/C20H31N3O2Si/c1-6-8-10-19(24)22-17-14-16(12-13-26(3,4)5)15-18(21-17)23-20(25)11-9-7-2/h14-15H,6-11H2,1-5H3,(H2,21,22,23,24,25). The molecule has 6 heteroatoms. The van der Waals surface area contributed by atoms with Crippen molar-refractivity contribution >= 4 is 31.5 Å². The molecule has 0 saturated heterocycles. The third kappa shape index (κ3) is 9.38. The molecule has 0 aromatic carbocycles. The fourth-order valence-electron chi connectivity index (χ4n) is 2.08. The largest absolute Gasteiger partial charge is 0.311 e. The zero-order valence-corrected chi connectivity index (χ0v) is 17.7. The van der Waals surface area contributed by atoms with E-state index < -0.39 is 8.07 Å². The minimum absolute atomic E-state index is 0.0714. The molecule has 2 N–H and O–H groups in total. The molecule has 2 amide bonds. The first-order chi connectivity index (χ1) is 12.2. The van der Waals surface area contributed by atoms with E-state index in [1.165, 1.54) is 0 Å². The molecule has 0 unspecified atom stereocenters. The molecule has 0 fully saturated rings. The van der Waals surface area contributed by atoms with E-state index >= 15 is 0 Å². The topological polar surface area (TPSA) is 71.1 Å². The zero-order chi connectivity index (χ0) is 19.6. The first kappa shape index (κ1) is 21.9. The molecule has 0 bridgehead atoms. The molecule has 142 valence electrons. The van der Waals surface area contributed by atoms with Gasteiger partial charge in [-0.2, -0.15) is 0 Å². The van der Waals surface area contributed by atoms with E-state index in [0.29, 0.717) is 24.5 Å². The van der Waals surface area contributed by atoms with Gasteiger partial charge in [0.2, 0.25) is 11.8 Å². The van der Waals surface area contributed by atoms with Gasteiger partial charge in [-0.3, -0.25) is 9.59 Å². The van der Waals surface area contributed by atoms with Crippen molar-refractivity contribution in [1.29, 1.82) is 0 Å². The number of hydrogen-bond acceptors (Lipinski definition) is 3. The number of anilines is 2. The summed E-state index contributed by atoms with van der Waals surface area (Å²) in [5, 5.41) is 5.63. The Balaban J connectivity index is 3.03. The molecule has 0 saturated carbocycles. The molecule has 1 heterocycles. The maximum Gasteiger partial charge on any atom is 0.225 e. The third-order valence-corrected chi connectivity index (χ3v) is 4.33. The van der Waals surface area contributed by atoms with Gasteiger partial charge in [-0.1, -0.05) is 52.3 Å². The van der Waals surface area contributed by atoms with E-state index in [1.807, 2.05) is 13.8 Å². The molecular formula is C20H31N3O2Si. The van der Waals surface area contributed by atoms with Gasteiger partial charge >= 0.3 is 0 Å². The van der Waals surface area contributed by atoms with Gasteiger partial charge in [-0.15, -0.1) is 5.54 Å². The van der Waals surface area contributed by atoms with Gasteiger partial charge in [0, 0.05) is 18.4 Å². The van der Waals surface area contributed by atoms with Crippen LogP contribution in [0, 0.1) is 11.5 Å². The van der Waals surface area contributed by atoms with Crippen LogP contribution >= 0.6 is 0 Å². The summed E-state index contributed by atoms with van der Waals surface area (Å²) in [5.41, 5.74) is 4.05. The molecule has 0 radical (unpaired) electrons. The first-order valence-electron chi connectivity index (χ1n) is 9.38. The molecular weight excluding hydrogens is 342 g/mol. The Morgan fingerprint density at radius 3 is 1.81 bits per heavy atom. The highest BCUT2D eigenvalue weighted by atomic mass is 28.3. The van der Waals surface area contributed by atoms with Crippen molar-refractivity contribution < 1.29 is 9.59 Å². The summed E-state index contributed by atoms with van der Waals surface area (Å²) in [5.74, 6) is 3.88. The molecule has 0 aliphatic carbocycles. The molecule has 1 aromatic rings. The molecule has 0 aliphatic rings. The Hall–Kier alpha value is -2.13. The van der Waals surface area contributed by atoms with E-state index in [2.05, 4.69) is 46.7 Å². The van der Waals surface area contributed by atoms with Crippen molar-refractivity contribution in [2.24, 2.45) is 0 Å². The fourth-order valence-corrected chi connectivity index (χ4v) is 2.60. The van der Waals surface area contributed by atoms with Crippen molar-refractivity contribution in [2.45, 2.75) is 72.0 Å². The van der Waals surface area contributed by atoms with Gasteiger partial charge in [0.05, 0.1) is 0 Å². The number of unbranched alkanes of at least 4 members (excludes halogenated alkanes) is 2. The smallest absolute Gasteiger partial charge is 0.225 e. The van der Waals surface area contributed by atoms with Crippen molar-refractivity contribution in [3.8, 4) is 11.5 Å². The quantitative estimate of drug-likeness (QED) is 0.518. The Kier molecular flexibility index (Phi) is 9.07. The summed E-state index contributed by atoms with van der Waals surface area (Å²) in [6.07, 6.45) is 4.51. The number of carbonyl (C=O) groups excluding carboxylic acids is 2. The highest BCUT2D eigenvalue weighted by Gasteiger charge is 2.10. The average molecular weight is 374 g/mol. The lowest BCUT2D eigenvalue weighted by Crippen LogP contribution is -2.17. The van der Waals surface area contributed by atoms with Crippen LogP contribution in [0.3, 0.4) is 0 Å². The Morgan fingerprint density at radius 1 is 0.962 bits per heavy atom. The Labute approximate surface area is 158 Å². The maximum absolute atomic E-state index is 12.0. The summed E-state index contributed by atoms with van der Waals surface area (Å²) in [4.78, 5) is 28.4. The van der Waals surface area contributed by atoms with Crippen LogP contribution in [0.2, 0.25) is 19.6 Å². The van der Waals surface area contributed by atoms with Crippen LogP contribution in [-0.2, 0) is 9.59 Å². The molecule has 0 aliphatic heterocycles. The maximum atomic E-state index is 12.0. The lowest BCUT2D eigenvalue weighted by Gasteiger charge is -2.10. The second kappa shape index (κ2) is 10.8. The van der Waals surface area contributed by atoms with Gasteiger partial charge in [0.25, 0.3) is 0 Å². The lowest BCUT2D eigenvalue weighted by atomic mass is 10.2. The fraction of sp³-hybridized carbons (Fsp3) is 0.550. The second-order valence-corrected chi connectivity index (χ2v) is 12.2. The van der Waals surface area contributed by atoms with Crippen LogP contribution < -0.4 is 10.6 Å². The predicted octanol–water partition coefficient (Wildman–Crippen LogP) is 4.57.